The van der Waals surface area contributed by atoms with Crippen LogP contribution in [0, 0.1) is 0 Å². The summed E-state index contributed by atoms with van der Waals surface area (Å²) in [5, 5.41) is 8.50. The molecule has 6 nitrogen and oxygen atoms in total. The molecule has 0 saturated carbocycles. The van der Waals surface area contributed by atoms with Crippen LogP contribution in [0.4, 0.5) is 5.69 Å². The van der Waals surface area contributed by atoms with Crippen molar-refractivity contribution in [3.63, 3.8) is 0 Å². The van der Waals surface area contributed by atoms with E-state index < -0.39 is 0 Å². The highest BCUT2D eigenvalue weighted by molar-refractivity contribution is 6.04. The standard InChI is InChI=1S/C32H29N3O3/c1-36-24-15-11-21(12-16-24)29-20-30(35(34-29)23-7-6-8-26(19-23)38-3)31-27-9-4-5-10-28(27)33-32(31)22-13-17-25(37-2)18-14-22/h4-19,30,33H,20H2,1-3H3/t30-/m1/s1. The van der Waals surface area contributed by atoms with E-state index >= 15 is 0 Å². The Bertz CT molecular complexity index is 1600. The van der Waals surface area contributed by atoms with E-state index in [4.69, 9.17) is 19.3 Å². The summed E-state index contributed by atoms with van der Waals surface area (Å²) in [7, 11) is 5.06. The summed E-state index contributed by atoms with van der Waals surface area (Å²) in [4.78, 5) is 3.70. The van der Waals surface area contributed by atoms with E-state index in [-0.39, 0.29) is 6.04 Å². The van der Waals surface area contributed by atoms with Gasteiger partial charge in [-0.3, -0.25) is 5.01 Å². The number of methoxy groups -OCH3 is 3. The third-order valence-corrected chi connectivity index (χ3v) is 7.11. The fourth-order valence-corrected chi connectivity index (χ4v) is 5.18. The maximum absolute atomic E-state index is 5.56. The third-order valence-electron chi connectivity index (χ3n) is 7.11. The number of aromatic amines is 1. The second-order valence-electron chi connectivity index (χ2n) is 9.23. The number of anilines is 1. The quantitative estimate of drug-likeness (QED) is 0.255. The number of H-pyrrole nitrogens is 1. The highest BCUT2D eigenvalue weighted by atomic mass is 16.5. The zero-order valence-corrected chi connectivity index (χ0v) is 21.6. The van der Waals surface area contributed by atoms with Crippen LogP contribution in [0.25, 0.3) is 22.2 Å². The molecule has 1 N–H and O–H groups in total. The Hall–Kier alpha value is -4.71. The molecule has 0 radical (unpaired) electrons. The molecule has 0 unspecified atom stereocenters. The van der Waals surface area contributed by atoms with Crippen molar-refractivity contribution < 1.29 is 14.2 Å². The van der Waals surface area contributed by atoms with Crippen LogP contribution in [0.2, 0.25) is 0 Å². The van der Waals surface area contributed by atoms with Crippen LogP contribution in [0.5, 0.6) is 17.2 Å². The zero-order valence-electron chi connectivity index (χ0n) is 21.6. The van der Waals surface area contributed by atoms with Crippen LogP contribution in [0.15, 0.2) is 102 Å². The number of nitrogens with zero attached hydrogens (tertiary/aromatic N) is 2. The molecular formula is C32H29N3O3. The van der Waals surface area contributed by atoms with Gasteiger partial charge in [-0.2, -0.15) is 5.10 Å². The third kappa shape index (κ3) is 4.24. The van der Waals surface area contributed by atoms with Crippen LogP contribution in [0.1, 0.15) is 23.6 Å². The summed E-state index contributed by atoms with van der Waals surface area (Å²) in [5.74, 6) is 2.45. The normalized spacial score (nSPS) is 15.0. The molecule has 1 atom stereocenters. The van der Waals surface area contributed by atoms with E-state index in [0.717, 1.165) is 57.4 Å². The van der Waals surface area contributed by atoms with Gasteiger partial charge in [0.2, 0.25) is 0 Å². The van der Waals surface area contributed by atoms with Crippen molar-refractivity contribution in [1.29, 1.82) is 0 Å². The summed E-state index contributed by atoms with van der Waals surface area (Å²) >= 11 is 0. The molecule has 0 fully saturated rings. The molecule has 0 saturated heterocycles. The smallest absolute Gasteiger partial charge is 0.120 e. The van der Waals surface area contributed by atoms with E-state index in [1.54, 1.807) is 21.3 Å². The molecule has 5 aromatic rings. The van der Waals surface area contributed by atoms with E-state index in [9.17, 15) is 0 Å². The minimum atomic E-state index is -0.0348. The number of aromatic nitrogens is 1. The summed E-state index contributed by atoms with van der Waals surface area (Å²) in [6, 6.07) is 32.8. The van der Waals surface area contributed by atoms with Crippen molar-refractivity contribution in [3.8, 4) is 28.5 Å². The predicted octanol–water partition coefficient (Wildman–Crippen LogP) is 7.22. The number of rotatable bonds is 7. The number of ether oxygens (including phenoxy) is 3. The summed E-state index contributed by atoms with van der Waals surface area (Å²) in [5.41, 5.74) is 7.55. The Morgan fingerprint density at radius 3 is 2.05 bits per heavy atom. The maximum atomic E-state index is 5.56. The van der Waals surface area contributed by atoms with Crippen LogP contribution in [0.3, 0.4) is 0 Å². The average molecular weight is 504 g/mol. The number of hydrazone groups is 1. The van der Waals surface area contributed by atoms with Gasteiger partial charge in [0.15, 0.2) is 0 Å². The zero-order chi connectivity index (χ0) is 26.1. The van der Waals surface area contributed by atoms with Gasteiger partial charge in [0, 0.05) is 29.0 Å². The monoisotopic (exact) mass is 503 g/mol. The van der Waals surface area contributed by atoms with Gasteiger partial charge in [0.1, 0.15) is 17.2 Å². The first-order chi connectivity index (χ1) is 18.7. The molecule has 2 heterocycles. The lowest BCUT2D eigenvalue weighted by molar-refractivity contribution is 0.414. The second-order valence-corrected chi connectivity index (χ2v) is 9.23. The average Bonchev–Trinajstić information content (AvgIpc) is 3.59. The summed E-state index contributed by atoms with van der Waals surface area (Å²) in [6.45, 7) is 0. The van der Waals surface area contributed by atoms with Crippen molar-refractivity contribution in [2.75, 3.05) is 26.3 Å². The number of hydrogen-bond acceptors (Lipinski definition) is 5. The van der Waals surface area contributed by atoms with Gasteiger partial charge in [0.05, 0.1) is 44.5 Å². The van der Waals surface area contributed by atoms with Crippen molar-refractivity contribution in [2.24, 2.45) is 5.10 Å². The van der Waals surface area contributed by atoms with Crippen molar-refractivity contribution in [1.82, 2.24) is 4.98 Å². The SMILES string of the molecule is COc1ccc(C2=NN(c3cccc(OC)c3)[C@@H](c3c(-c4ccc(OC)cc4)[nH]c4ccccc34)C2)cc1. The number of para-hydroxylation sites is 1. The second kappa shape index (κ2) is 9.98. The van der Waals surface area contributed by atoms with Crippen LogP contribution >= 0.6 is 0 Å². The Balaban J connectivity index is 1.52. The fourth-order valence-electron chi connectivity index (χ4n) is 5.18. The molecule has 1 aliphatic heterocycles. The molecule has 190 valence electrons. The molecule has 0 spiro atoms. The van der Waals surface area contributed by atoms with Crippen molar-refractivity contribution >= 4 is 22.3 Å². The molecule has 0 bridgehead atoms. The molecule has 1 aliphatic rings. The molecular weight excluding hydrogens is 474 g/mol. The highest BCUT2D eigenvalue weighted by Crippen LogP contribution is 2.44. The molecule has 6 heteroatoms. The maximum Gasteiger partial charge on any atom is 0.120 e. The van der Waals surface area contributed by atoms with Crippen LogP contribution in [-0.4, -0.2) is 32.0 Å². The van der Waals surface area contributed by atoms with E-state index in [2.05, 4.69) is 64.6 Å². The Morgan fingerprint density at radius 2 is 1.37 bits per heavy atom. The van der Waals surface area contributed by atoms with Gasteiger partial charge in [-0.25, -0.2) is 0 Å². The summed E-state index contributed by atoms with van der Waals surface area (Å²) < 4.78 is 16.3. The van der Waals surface area contributed by atoms with Crippen molar-refractivity contribution in [2.45, 2.75) is 12.5 Å². The number of nitrogens with one attached hydrogen (secondary N) is 1. The van der Waals surface area contributed by atoms with Gasteiger partial charge < -0.3 is 19.2 Å². The molecule has 4 aromatic carbocycles. The molecule has 0 aliphatic carbocycles. The lowest BCUT2D eigenvalue weighted by Crippen LogP contribution is -2.19. The Labute approximate surface area is 222 Å². The van der Waals surface area contributed by atoms with Gasteiger partial charge in [-0.15, -0.1) is 0 Å². The predicted molar refractivity (Wildman–Crippen MR) is 153 cm³/mol. The summed E-state index contributed by atoms with van der Waals surface area (Å²) in [6.07, 6.45) is 0.745. The Morgan fingerprint density at radius 1 is 0.711 bits per heavy atom. The topological polar surface area (TPSA) is 59.1 Å². The van der Waals surface area contributed by atoms with E-state index in [0.29, 0.717) is 0 Å². The van der Waals surface area contributed by atoms with Crippen molar-refractivity contribution in [3.05, 3.63) is 108 Å². The minimum Gasteiger partial charge on any atom is -0.497 e. The largest absolute Gasteiger partial charge is 0.497 e. The van der Waals surface area contributed by atoms with Gasteiger partial charge in [-0.1, -0.05) is 24.3 Å². The van der Waals surface area contributed by atoms with Gasteiger partial charge in [-0.05, 0) is 77.9 Å². The fraction of sp³-hybridized carbons (Fsp3) is 0.156. The highest BCUT2D eigenvalue weighted by Gasteiger charge is 2.34. The lowest BCUT2D eigenvalue weighted by Gasteiger charge is -2.25. The van der Waals surface area contributed by atoms with Gasteiger partial charge >= 0.3 is 0 Å². The van der Waals surface area contributed by atoms with Crippen LogP contribution in [-0.2, 0) is 0 Å². The number of fused-ring (bicyclic) bond motifs is 1. The lowest BCUT2D eigenvalue weighted by atomic mass is 9.93. The molecule has 0 amide bonds. The van der Waals surface area contributed by atoms with E-state index in [1.807, 2.05) is 42.5 Å². The molecule has 38 heavy (non-hydrogen) atoms. The first-order valence-corrected chi connectivity index (χ1v) is 12.6. The van der Waals surface area contributed by atoms with Crippen LogP contribution < -0.4 is 19.2 Å². The Kier molecular flexibility index (Phi) is 6.22. The van der Waals surface area contributed by atoms with Gasteiger partial charge in [0.25, 0.3) is 0 Å². The number of benzene rings is 4. The minimum absolute atomic E-state index is 0.0348. The first kappa shape index (κ1) is 23.7. The van der Waals surface area contributed by atoms with E-state index in [1.165, 1.54) is 10.9 Å². The molecule has 6 rings (SSSR count). The molecule has 1 aromatic heterocycles. The first-order valence-electron chi connectivity index (χ1n) is 12.6. The number of hydrogen-bond donors (Lipinski definition) is 1.